The lowest BCUT2D eigenvalue weighted by Gasteiger charge is -2.13. The Labute approximate surface area is 193 Å². The molecule has 1 amide bonds. The highest BCUT2D eigenvalue weighted by molar-refractivity contribution is 6.01. The van der Waals surface area contributed by atoms with E-state index in [-0.39, 0.29) is 12.1 Å². The summed E-state index contributed by atoms with van der Waals surface area (Å²) in [5.74, 6) is 0.0237. The third-order valence-electron chi connectivity index (χ3n) is 5.26. The SMILES string of the molecule is COc1cc(-c2ccc(C(F)(F)F)cc2)c2ncc(C(=O)NC[C@H](O)c3ccccn3)cc2c1. The van der Waals surface area contributed by atoms with Crippen LogP contribution in [-0.2, 0) is 6.18 Å². The van der Waals surface area contributed by atoms with Crippen molar-refractivity contribution < 1.29 is 27.8 Å². The number of aliphatic hydroxyl groups excluding tert-OH is 1. The molecule has 0 bridgehead atoms. The second-order valence-corrected chi connectivity index (χ2v) is 7.53. The molecule has 0 saturated carbocycles. The van der Waals surface area contributed by atoms with Crippen molar-refractivity contribution in [1.29, 1.82) is 0 Å². The van der Waals surface area contributed by atoms with Crippen LogP contribution in [0.15, 0.2) is 73.1 Å². The molecule has 174 valence electrons. The molecule has 0 aliphatic carbocycles. The van der Waals surface area contributed by atoms with E-state index in [0.29, 0.717) is 33.5 Å². The van der Waals surface area contributed by atoms with Gasteiger partial charge in [0.2, 0.25) is 0 Å². The number of halogens is 3. The van der Waals surface area contributed by atoms with Gasteiger partial charge in [0.15, 0.2) is 0 Å². The van der Waals surface area contributed by atoms with Crippen molar-refractivity contribution in [3.8, 4) is 16.9 Å². The first-order valence-corrected chi connectivity index (χ1v) is 10.3. The minimum atomic E-state index is -4.43. The summed E-state index contributed by atoms with van der Waals surface area (Å²) in [7, 11) is 1.47. The molecule has 2 N–H and O–H groups in total. The second kappa shape index (κ2) is 9.48. The first-order chi connectivity index (χ1) is 16.3. The van der Waals surface area contributed by atoms with E-state index in [1.807, 2.05) is 0 Å². The summed E-state index contributed by atoms with van der Waals surface area (Å²) in [6.45, 7) is -0.0389. The van der Waals surface area contributed by atoms with Gasteiger partial charge in [0.1, 0.15) is 11.9 Å². The van der Waals surface area contributed by atoms with E-state index in [1.165, 1.54) is 25.4 Å². The van der Waals surface area contributed by atoms with Crippen LogP contribution in [0, 0.1) is 0 Å². The Kier molecular flexibility index (Phi) is 6.47. The van der Waals surface area contributed by atoms with Crippen LogP contribution in [0.5, 0.6) is 5.75 Å². The van der Waals surface area contributed by atoms with E-state index in [1.54, 1.807) is 42.6 Å². The Hall–Kier alpha value is -3.98. The molecule has 0 spiro atoms. The maximum absolute atomic E-state index is 12.9. The van der Waals surface area contributed by atoms with Crippen LogP contribution in [-0.4, -0.2) is 34.6 Å². The molecule has 6 nitrogen and oxygen atoms in total. The number of rotatable bonds is 6. The number of benzene rings is 2. The number of carbonyl (C=O) groups excluding carboxylic acids is 1. The van der Waals surface area contributed by atoms with Gasteiger partial charge in [-0.25, -0.2) is 0 Å². The fraction of sp³-hybridized carbons (Fsp3) is 0.160. The largest absolute Gasteiger partial charge is 0.497 e. The predicted octanol–water partition coefficient (Wildman–Crippen LogP) is 4.79. The van der Waals surface area contributed by atoms with Gasteiger partial charge in [-0.05, 0) is 48.0 Å². The summed E-state index contributed by atoms with van der Waals surface area (Å²) < 4.78 is 44.1. The third-order valence-corrected chi connectivity index (χ3v) is 5.26. The summed E-state index contributed by atoms with van der Waals surface area (Å²) in [5, 5.41) is 13.4. The van der Waals surface area contributed by atoms with Gasteiger partial charge in [-0.15, -0.1) is 0 Å². The lowest BCUT2D eigenvalue weighted by Crippen LogP contribution is -2.28. The van der Waals surface area contributed by atoms with Gasteiger partial charge in [0.25, 0.3) is 5.91 Å². The summed E-state index contributed by atoms with van der Waals surface area (Å²) in [6, 6.07) is 14.9. The van der Waals surface area contributed by atoms with Crippen LogP contribution in [0.3, 0.4) is 0 Å². The molecule has 1 atom stereocenters. The zero-order chi connectivity index (χ0) is 24.3. The van der Waals surface area contributed by atoms with E-state index < -0.39 is 23.8 Å². The van der Waals surface area contributed by atoms with Crippen molar-refractivity contribution in [2.45, 2.75) is 12.3 Å². The topological polar surface area (TPSA) is 84.3 Å². The molecule has 9 heteroatoms. The normalized spacial score (nSPS) is 12.4. The number of aromatic nitrogens is 2. The number of nitrogens with zero attached hydrogens (tertiary/aromatic N) is 2. The summed E-state index contributed by atoms with van der Waals surface area (Å²) in [5.41, 5.74) is 1.55. The van der Waals surface area contributed by atoms with E-state index in [0.717, 1.165) is 12.1 Å². The van der Waals surface area contributed by atoms with Gasteiger partial charge in [-0.1, -0.05) is 18.2 Å². The highest BCUT2D eigenvalue weighted by atomic mass is 19.4. The van der Waals surface area contributed by atoms with E-state index in [2.05, 4.69) is 15.3 Å². The van der Waals surface area contributed by atoms with E-state index in [4.69, 9.17) is 4.74 Å². The van der Waals surface area contributed by atoms with Gasteiger partial charge in [-0.3, -0.25) is 14.8 Å². The summed E-state index contributed by atoms with van der Waals surface area (Å²) in [4.78, 5) is 21.1. The molecule has 0 aliphatic rings. The number of fused-ring (bicyclic) bond motifs is 1. The quantitative estimate of drug-likeness (QED) is 0.426. The Morgan fingerprint density at radius 3 is 2.50 bits per heavy atom. The summed E-state index contributed by atoms with van der Waals surface area (Å²) >= 11 is 0. The van der Waals surface area contributed by atoms with Crippen molar-refractivity contribution in [2.24, 2.45) is 0 Å². The monoisotopic (exact) mass is 467 g/mol. The Morgan fingerprint density at radius 2 is 1.85 bits per heavy atom. The first kappa shape index (κ1) is 23.2. The molecular weight excluding hydrogens is 447 g/mol. The Balaban J connectivity index is 1.61. The number of nitrogens with one attached hydrogen (secondary N) is 1. The number of hydrogen-bond acceptors (Lipinski definition) is 5. The highest BCUT2D eigenvalue weighted by Crippen LogP contribution is 2.35. The fourth-order valence-electron chi connectivity index (χ4n) is 3.49. The predicted molar refractivity (Wildman–Crippen MR) is 120 cm³/mol. The number of pyridine rings is 2. The average molecular weight is 467 g/mol. The van der Waals surface area contributed by atoms with Crippen molar-refractivity contribution >= 4 is 16.8 Å². The van der Waals surface area contributed by atoms with Crippen LogP contribution >= 0.6 is 0 Å². The smallest absolute Gasteiger partial charge is 0.416 e. The third kappa shape index (κ3) is 4.99. The van der Waals surface area contributed by atoms with Crippen molar-refractivity contribution in [3.63, 3.8) is 0 Å². The molecule has 2 aromatic heterocycles. The molecule has 0 fully saturated rings. The maximum atomic E-state index is 12.9. The van der Waals surface area contributed by atoms with Gasteiger partial charge < -0.3 is 15.2 Å². The molecular formula is C25H20F3N3O3. The van der Waals surface area contributed by atoms with Gasteiger partial charge in [0, 0.05) is 29.9 Å². The fourth-order valence-corrected chi connectivity index (χ4v) is 3.49. The number of amides is 1. The Bertz CT molecular complexity index is 1310. The lowest BCUT2D eigenvalue weighted by molar-refractivity contribution is -0.137. The van der Waals surface area contributed by atoms with Crippen molar-refractivity contribution in [2.75, 3.05) is 13.7 Å². The average Bonchev–Trinajstić information content (AvgIpc) is 2.86. The van der Waals surface area contributed by atoms with Crippen LogP contribution in [0.4, 0.5) is 13.2 Å². The molecule has 0 unspecified atom stereocenters. The number of hydrogen-bond donors (Lipinski definition) is 2. The number of alkyl halides is 3. The molecule has 2 heterocycles. The maximum Gasteiger partial charge on any atom is 0.416 e. The van der Waals surface area contributed by atoms with Gasteiger partial charge in [-0.2, -0.15) is 13.2 Å². The molecule has 0 aliphatic heterocycles. The van der Waals surface area contributed by atoms with E-state index >= 15 is 0 Å². The minimum absolute atomic E-state index is 0.0389. The Morgan fingerprint density at radius 1 is 1.09 bits per heavy atom. The first-order valence-electron chi connectivity index (χ1n) is 10.3. The number of aliphatic hydroxyl groups is 1. The number of methoxy groups -OCH3 is 1. The van der Waals surface area contributed by atoms with Crippen molar-refractivity contribution in [1.82, 2.24) is 15.3 Å². The zero-order valence-electron chi connectivity index (χ0n) is 18.0. The molecule has 0 saturated heterocycles. The van der Waals surface area contributed by atoms with Crippen LogP contribution in [0.2, 0.25) is 0 Å². The van der Waals surface area contributed by atoms with Gasteiger partial charge >= 0.3 is 6.18 Å². The van der Waals surface area contributed by atoms with Crippen LogP contribution in [0.1, 0.15) is 27.7 Å². The second-order valence-electron chi connectivity index (χ2n) is 7.53. The molecule has 4 aromatic rings. The standard InChI is InChI=1S/C25H20F3N3O3/c1-34-19-11-16-10-17(24(33)31-14-22(32)21-4-2-3-9-29-21)13-30-23(16)20(12-19)15-5-7-18(8-6-15)25(26,27)28/h2-13,22,32H,14H2,1H3,(H,31,33)/t22-/m0/s1. The number of ether oxygens (including phenoxy) is 1. The van der Waals surface area contributed by atoms with Crippen LogP contribution < -0.4 is 10.1 Å². The highest BCUT2D eigenvalue weighted by Gasteiger charge is 2.30. The zero-order valence-corrected chi connectivity index (χ0v) is 18.0. The number of carbonyl (C=O) groups is 1. The molecule has 34 heavy (non-hydrogen) atoms. The summed E-state index contributed by atoms with van der Waals surface area (Å²) in [6.07, 6.45) is -2.47. The molecule has 2 aromatic carbocycles. The van der Waals surface area contributed by atoms with Crippen LogP contribution in [0.25, 0.3) is 22.0 Å². The van der Waals surface area contributed by atoms with Gasteiger partial charge in [0.05, 0.1) is 29.4 Å². The van der Waals surface area contributed by atoms with E-state index in [9.17, 15) is 23.1 Å². The minimum Gasteiger partial charge on any atom is -0.497 e. The van der Waals surface area contributed by atoms with Crippen molar-refractivity contribution in [3.05, 3.63) is 89.9 Å². The lowest BCUT2D eigenvalue weighted by atomic mass is 9.99. The molecule has 0 radical (unpaired) electrons. The molecule has 4 rings (SSSR count).